The van der Waals surface area contributed by atoms with Gasteiger partial charge in [-0.2, -0.15) is 9.59 Å². The highest BCUT2D eigenvalue weighted by molar-refractivity contribution is 6.40. The summed E-state index contributed by atoms with van der Waals surface area (Å²) < 4.78 is 0. The molecule has 138 valence electrons. The van der Waals surface area contributed by atoms with Gasteiger partial charge in [0.1, 0.15) is 0 Å². The van der Waals surface area contributed by atoms with Gasteiger partial charge < -0.3 is 15.8 Å². The first kappa shape index (κ1) is 21.9. The number of hydrogen-bond donors (Lipinski definition) is 3. The summed E-state index contributed by atoms with van der Waals surface area (Å²) in [6.07, 6.45) is 8.30. The summed E-state index contributed by atoms with van der Waals surface area (Å²) in [5.74, 6) is 1.26. The van der Waals surface area contributed by atoms with Crippen LogP contribution in [-0.2, 0) is 9.59 Å². The fourth-order valence-electron chi connectivity index (χ4n) is 3.56. The van der Waals surface area contributed by atoms with Gasteiger partial charge in [0.25, 0.3) is 0 Å². The summed E-state index contributed by atoms with van der Waals surface area (Å²) >= 11 is 5.95. The molecule has 1 unspecified atom stereocenters. The zero-order chi connectivity index (χ0) is 18.7. The number of nitrogens with two attached hydrogens (primary N) is 1. The molecule has 5 nitrogen and oxygen atoms in total. The Morgan fingerprint density at radius 3 is 2.20 bits per heavy atom. The lowest BCUT2D eigenvalue weighted by Crippen LogP contribution is -2.32. The van der Waals surface area contributed by atoms with E-state index < -0.39 is 7.12 Å². The first-order chi connectivity index (χ1) is 12.0. The van der Waals surface area contributed by atoms with Crippen LogP contribution >= 0.6 is 11.6 Å². The third-order valence-electron chi connectivity index (χ3n) is 4.97. The molecule has 4 N–H and O–H groups in total. The maximum absolute atomic E-state index is 8.84. The number of carbonyl (C=O) groups excluding carboxylic acids is 2. The van der Waals surface area contributed by atoms with Crippen molar-refractivity contribution in [2.24, 2.45) is 11.7 Å². The lowest BCUT2D eigenvalue weighted by molar-refractivity contribution is -0.191. The van der Waals surface area contributed by atoms with Gasteiger partial charge in [0.15, 0.2) is 0 Å². The topological polar surface area (TPSA) is 101 Å². The molecule has 7 heteroatoms. The van der Waals surface area contributed by atoms with Crippen molar-refractivity contribution in [1.82, 2.24) is 0 Å². The van der Waals surface area contributed by atoms with E-state index in [-0.39, 0.29) is 12.2 Å². The second kappa shape index (κ2) is 12.2. The number of hydrogen-bond acceptors (Lipinski definition) is 5. The maximum atomic E-state index is 8.84. The average molecular weight is 368 g/mol. The predicted molar refractivity (Wildman–Crippen MR) is 98.0 cm³/mol. The highest BCUT2D eigenvalue weighted by atomic mass is 35.5. The van der Waals surface area contributed by atoms with E-state index in [1.165, 1.54) is 31.2 Å². The Bertz CT molecular complexity index is 512. The second-order valence-electron chi connectivity index (χ2n) is 6.68. The average Bonchev–Trinajstić information content (AvgIpc) is 2.60. The van der Waals surface area contributed by atoms with E-state index in [4.69, 9.17) is 37.0 Å². The molecule has 1 aliphatic carbocycles. The van der Waals surface area contributed by atoms with E-state index in [9.17, 15) is 0 Å². The molecule has 0 bridgehead atoms. The molecule has 0 amide bonds. The maximum Gasteiger partial charge on any atom is 0.451 e. The van der Waals surface area contributed by atoms with Crippen LogP contribution in [0.4, 0.5) is 0 Å². The third-order valence-corrected chi connectivity index (χ3v) is 5.22. The molecule has 0 radical (unpaired) electrons. The number of unbranched alkanes of at least 4 members (excludes halogenated alkanes) is 1. The molecule has 25 heavy (non-hydrogen) atoms. The van der Waals surface area contributed by atoms with E-state index in [1.54, 1.807) is 0 Å². The minimum absolute atomic E-state index is 0.250. The fraction of sp³-hybridized carbons (Fsp3) is 0.611. The Balaban J connectivity index is 0.000000970. The van der Waals surface area contributed by atoms with Crippen molar-refractivity contribution in [2.45, 2.75) is 63.2 Å². The normalized spacial score (nSPS) is 20.8. The molecular weight excluding hydrogens is 340 g/mol. The molecule has 0 saturated heterocycles. The van der Waals surface area contributed by atoms with Gasteiger partial charge in [0.2, 0.25) is 0 Å². The summed E-state index contributed by atoms with van der Waals surface area (Å²) in [5, 5.41) is 18.5. The number of halogens is 1. The molecule has 1 aromatic rings. The van der Waals surface area contributed by atoms with Gasteiger partial charge >= 0.3 is 13.3 Å². The van der Waals surface area contributed by atoms with Crippen molar-refractivity contribution in [1.29, 1.82) is 0 Å². The lowest BCUT2D eigenvalue weighted by atomic mass is 9.75. The van der Waals surface area contributed by atoms with Gasteiger partial charge in [-0.05, 0) is 68.0 Å². The van der Waals surface area contributed by atoms with Crippen LogP contribution in [0.15, 0.2) is 24.3 Å². The van der Waals surface area contributed by atoms with Crippen LogP contribution in [0.3, 0.4) is 0 Å². The molecule has 0 aliphatic heterocycles. The van der Waals surface area contributed by atoms with Crippen molar-refractivity contribution >= 4 is 24.9 Å². The fourth-order valence-corrected chi connectivity index (χ4v) is 3.68. The standard InChI is InChI=1S/C17H27BClNO2.CO2/c19-16-10-8-14(9-11-16)13-4-6-15(7-5-13)17(20)3-1-2-12-18(21)22;2-1-3/h8-11,13,15,17,21-22H,1-7,12,20H2;. The van der Waals surface area contributed by atoms with E-state index in [2.05, 4.69) is 12.1 Å². The van der Waals surface area contributed by atoms with Crippen LogP contribution in [0.2, 0.25) is 11.3 Å². The summed E-state index contributed by atoms with van der Waals surface area (Å²) in [7, 11) is -1.17. The minimum atomic E-state index is -1.17. The van der Waals surface area contributed by atoms with Crippen molar-refractivity contribution in [2.75, 3.05) is 0 Å². The third kappa shape index (κ3) is 8.66. The SMILES string of the molecule is NC(CCCCB(O)O)C1CCC(c2ccc(Cl)cc2)CC1.O=C=O. The number of benzene rings is 1. The molecule has 1 aliphatic rings. The lowest BCUT2D eigenvalue weighted by Gasteiger charge is -2.32. The van der Waals surface area contributed by atoms with Crippen molar-refractivity contribution in [3.63, 3.8) is 0 Å². The predicted octanol–water partition coefficient (Wildman–Crippen LogP) is 3.00. The Morgan fingerprint density at radius 2 is 1.68 bits per heavy atom. The molecule has 0 aromatic heterocycles. The Hall–Kier alpha value is -1.17. The summed E-state index contributed by atoms with van der Waals surface area (Å²) in [6, 6.07) is 8.50. The highest BCUT2D eigenvalue weighted by Crippen LogP contribution is 2.37. The van der Waals surface area contributed by atoms with Gasteiger partial charge in [0.05, 0.1) is 0 Å². The molecule has 0 spiro atoms. The van der Waals surface area contributed by atoms with E-state index >= 15 is 0 Å². The molecule has 1 saturated carbocycles. The summed E-state index contributed by atoms with van der Waals surface area (Å²) in [6.45, 7) is 0. The first-order valence-corrected chi connectivity index (χ1v) is 9.22. The Kier molecular flexibility index (Phi) is 10.7. The summed E-state index contributed by atoms with van der Waals surface area (Å²) in [4.78, 5) is 16.2. The first-order valence-electron chi connectivity index (χ1n) is 8.84. The van der Waals surface area contributed by atoms with Crippen molar-refractivity contribution in [3.05, 3.63) is 34.9 Å². The van der Waals surface area contributed by atoms with Gasteiger partial charge in [-0.25, -0.2) is 0 Å². The van der Waals surface area contributed by atoms with E-state index in [1.807, 2.05) is 12.1 Å². The second-order valence-corrected chi connectivity index (χ2v) is 7.11. The van der Waals surface area contributed by atoms with Crippen LogP contribution in [0, 0.1) is 5.92 Å². The number of rotatable bonds is 7. The Morgan fingerprint density at radius 1 is 1.12 bits per heavy atom. The van der Waals surface area contributed by atoms with Crippen LogP contribution < -0.4 is 5.73 Å². The quantitative estimate of drug-likeness (QED) is 0.508. The monoisotopic (exact) mass is 367 g/mol. The van der Waals surface area contributed by atoms with Gasteiger partial charge in [-0.3, -0.25) is 0 Å². The smallest absolute Gasteiger partial charge is 0.427 e. The molecule has 1 atom stereocenters. The Labute approximate surface area is 154 Å². The highest BCUT2D eigenvalue weighted by Gasteiger charge is 2.26. The molecule has 0 heterocycles. The van der Waals surface area contributed by atoms with Crippen LogP contribution in [0.1, 0.15) is 56.4 Å². The zero-order valence-electron chi connectivity index (χ0n) is 14.4. The molecule has 1 fully saturated rings. The van der Waals surface area contributed by atoms with Gasteiger partial charge in [-0.1, -0.05) is 36.6 Å². The zero-order valence-corrected chi connectivity index (χ0v) is 15.2. The van der Waals surface area contributed by atoms with Crippen LogP contribution in [-0.4, -0.2) is 29.4 Å². The van der Waals surface area contributed by atoms with Crippen molar-refractivity contribution < 1.29 is 19.6 Å². The van der Waals surface area contributed by atoms with Gasteiger partial charge in [-0.15, -0.1) is 0 Å². The summed E-state index contributed by atoms with van der Waals surface area (Å²) in [5.41, 5.74) is 7.72. The van der Waals surface area contributed by atoms with Crippen LogP contribution in [0.25, 0.3) is 0 Å². The van der Waals surface area contributed by atoms with E-state index in [0.717, 1.165) is 24.3 Å². The van der Waals surface area contributed by atoms with E-state index in [0.29, 0.717) is 18.2 Å². The minimum Gasteiger partial charge on any atom is -0.427 e. The molecule has 2 rings (SSSR count). The van der Waals surface area contributed by atoms with Gasteiger partial charge in [0, 0.05) is 11.1 Å². The van der Waals surface area contributed by atoms with Crippen LogP contribution in [0.5, 0.6) is 0 Å². The molecular formula is C18H27BClNO4. The molecule has 1 aromatic carbocycles. The largest absolute Gasteiger partial charge is 0.451 e. The van der Waals surface area contributed by atoms with Crippen molar-refractivity contribution in [3.8, 4) is 0 Å².